The van der Waals surface area contributed by atoms with Crippen LogP contribution in [0.3, 0.4) is 0 Å². The standard InChI is InChI=1S/C16H29NO2/c1-7-9-11-17-12-10-13(19-14(18)8-2)15(3,4)16(17,5)6/h8,13H,2,7,9-12H2,1,3-6H3. The van der Waals surface area contributed by atoms with E-state index in [1.165, 1.54) is 18.9 Å². The van der Waals surface area contributed by atoms with E-state index < -0.39 is 0 Å². The lowest BCUT2D eigenvalue weighted by molar-refractivity contribution is -0.168. The summed E-state index contributed by atoms with van der Waals surface area (Å²) >= 11 is 0. The Morgan fingerprint density at radius 3 is 2.58 bits per heavy atom. The van der Waals surface area contributed by atoms with E-state index in [-0.39, 0.29) is 23.0 Å². The van der Waals surface area contributed by atoms with Crippen LogP contribution in [0.25, 0.3) is 0 Å². The van der Waals surface area contributed by atoms with E-state index in [0.29, 0.717) is 0 Å². The molecule has 0 aliphatic carbocycles. The van der Waals surface area contributed by atoms with Crippen molar-refractivity contribution in [3.05, 3.63) is 12.7 Å². The SMILES string of the molecule is C=CC(=O)OC1CCN(CCCC)C(C)(C)C1(C)C. The number of likely N-dealkylation sites (tertiary alicyclic amines) is 1. The molecular weight excluding hydrogens is 238 g/mol. The highest BCUT2D eigenvalue weighted by atomic mass is 16.5. The summed E-state index contributed by atoms with van der Waals surface area (Å²) in [6.07, 6.45) is 4.55. The van der Waals surface area contributed by atoms with Crippen molar-refractivity contribution >= 4 is 5.97 Å². The molecule has 1 rings (SSSR count). The fraction of sp³-hybridized carbons (Fsp3) is 0.812. The lowest BCUT2D eigenvalue weighted by Gasteiger charge is -2.56. The van der Waals surface area contributed by atoms with Crippen LogP contribution in [-0.2, 0) is 9.53 Å². The van der Waals surface area contributed by atoms with Crippen LogP contribution in [0.2, 0.25) is 0 Å². The lowest BCUT2D eigenvalue weighted by atomic mass is 9.66. The third-order valence-corrected chi connectivity index (χ3v) is 5.04. The minimum Gasteiger partial charge on any atom is -0.459 e. The first-order valence-electron chi connectivity index (χ1n) is 7.35. The summed E-state index contributed by atoms with van der Waals surface area (Å²) in [6, 6.07) is 0. The van der Waals surface area contributed by atoms with Gasteiger partial charge in [0, 0.05) is 23.6 Å². The van der Waals surface area contributed by atoms with Crippen LogP contribution < -0.4 is 0 Å². The molecule has 1 aliphatic rings. The summed E-state index contributed by atoms with van der Waals surface area (Å²) in [7, 11) is 0. The molecule has 1 saturated heterocycles. The first-order valence-corrected chi connectivity index (χ1v) is 7.35. The van der Waals surface area contributed by atoms with Crippen molar-refractivity contribution in [1.29, 1.82) is 0 Å². The third kappa shape index (κ3) is 3.19. The molecule has 3 nitrogen and oxygen atoms in total. The highest BCUT2D eigenvalue weighted by molar-refractivity contribution is 5.81. The zero-order valence-corrected chi connectivity index (χ0v) is 13.2. The van der Waals surface area contributed by atoms with E-state index in [4.69, 9.17) is 4.74 Å². The Balaban J connectivity index is 2.84. The van der Waals surface area contributed by atoms with Crippen LogP contribution in [-0.4, -0.2) is 35.6 Å². The van der Waals surface area contributed by atoms with Crippen molar-refractivity contribution < 1.29 is 9.53 Å². The molecule has 1 fully saturated rings. The molecule has 1 aliphatic heterocycles. The average molecular weight is 267 g/mol. The van der Waals surface area contributed by atoms with Gasteiger partial charge in [-0.1, -0.05) is 33.8 Å². The van der Waals surface area contributed by atoms with E-state index in [1.807, 2.05) is 0 Å². The maximum Gasteiger partial charge on any atom is 0.330 e. The van der Waals surface area contributed by atoms with Crippen molar-refractivity contribution in [3.63, 3.8) is 0 Å². The molecule has 0 N–H and O–H groups in total. The molecule has 1 unspecified atom stereocenters. The van der Waals surface area contributed by atoms with Crippen molar-refractivity contribution in [2.45, 2.75) is 65.5 Å². The molecule has 110 valence electrons. The van der Waals surface area contributed by atoms with Crippen LogP contribution in [0.4, 0.5) is 0 Å². The van der Waals surface area contributed by atoms with Crippen LogP contribution >= 0.6 is 0 Å². The Labute approximate surface area is 118 Å². The van der Waals surface area contributed by atoms with Crippen molar-refractivity contribution in [3.8, 4) is 0 Å². The highest BCUT2D eigenvalue weighted by Crippen LogP contribution is 2.45. The number of carbonyl (C=O) groups is 1. The second kappa shape index (κ2) is 6.08. The zero-order chi connectivity index (χ0) is 14.7. The van der Waals surface area contributed by atoms with Crippen molar-refractivity contribution in [2.75, 3.05) is 13.1 Å². The number of rotatable bonds is 5. The van der Waals surface area contributed by atoms with E-state index >= 15 is 0 Å². The summed E-state index contributed by atoms with van der Waals surface area (Å²) in [4.78, 5) is 14.0. The molecule has 0 aromatic heterocycles. The maximum absolute atomic E-state index is 11.5. The first kappa shape index (κ1) is 16.2. The Morgan fingerprint density at radius 1 is 1.42 bits per heavy atom. The first-order chi connectivity index (χ1) is 8.77. The molecule has 3 heteroatoms. The molecule has 19 heavy (non-hydrogen) atoms. The van der Waals surface area contributed by atoms with Gasteiger partial charge in [-0.25, -0.2) is 4.79 Å². The van der Waals surface area contributed by atoms with Crippen LogP contribution in [0.15, 0.2) is 12.7 Å². The minimum atomic E-state index is -0.309. The molecule has 0 aromatic rings. The number of piperidine rings is 1. The number of hydrogen-bond donors (Lipinski definition) is 0. The number of carbonyl (C=O) groups excluding carboxylic acids is 1. The highest BCUT2D eigenvalue weighted by Gasteiger charge is 2.51. The number of unbranched alkanes of at least 4 members (excludes halogenated alkanes) is 1. The Bertz CT molecular complexity index is 334. The molecule has 0 spiro atoms. The Kier molecular flexibility index (Phi) is 5.19. The topological polar surface area (TPSA) is 29.5 Å². The fourth-order valence-corrected chi connectivity index (χ4v) is 2.85. The van der Waals surface area contributed by atoms with Gasteiger partial charge < -0.3 is 4.74 Å². The van der Waals surface area contributed by atoms with Crippen molar-refractivity contribution in [2.24, 2.45) is 5.41 Å². The monoisotopic (exact) mass is 267 g/mol. The predicted octanol–water partition coefficient (Wildman–Crippen LogP) is 3.39. The molecule has 0 amide bonds. The molecule has 1 atom stereocenters. The summed E-state index contributed by atoms with van der Waals surface area (Å²) in [6.45, 7) is 16.7. The third-order valence-electron chi connectivity index (χ3n) is 5.04. The number of hydrogen-bond acceptors (Lipinski definition) is 3. The largest absolute Gasteiger partial charge is 0.459 e. The summed E-state index contributed by atoms with van der Waals surface area (Å²) in [5, 5.41) is 0. The molecular formula is C16H29NO2. The maximum atomic E-state index is 11.5. The molecule has 0 radical (unpaired) electrons. The summed E-state index contributed by atoms with van der Waals surface area (Å²) in [5.74, 6) is -0.309. The van der Waals surface area contributed by atoms with Gasteiger partial charge in [-0.15, -0.1) is 0 Å². The molecule has 0 bridgehead atoms. The number of ether oxygens (including phenoxy) is 1. The van der Waals surface area contributed by atoms with E-state index in [0.717, 1.165) is 19.5 Å². The number of nitrogens with zero attached hydrogens (tertiary/aromatic N) is 1. The van der Waals surface area contributed by atoms with Gasteiger partial charge in [0.2, 0.25) is 0 Å². The predicted molar refractivity (Wildman–Crippen MR) is 79.0 cm³/mol. The Morgan fingerprint density at radius 2 is 2.05 bits per heavy atom. The van der Waals surface area contributed by atoms with Crippen molar-refractivity contribution in [1.82, 2.24) is 4.90 Å². The normalized spacial score (nSPS) is 25.8. The van der Waals surface area contributed by atoms with E-state index in [1.54, 1.807) is 0 Å². The van der Waals surface area contributed by atoms with E-state index in [9.17, 15) is 4.79 Å². The molecule has 1 heterocycles. The molecule has 0 aromatic carbocycles. The van der Waals surface area contributed by atoms with Gasteiger partial charge >= 0.3 is 5.97 Å². The van der Waals surface area contributed by atoms with Crippen LogP contribution in [0.5, 0.6) is 0 Å². The van der Waals surface area contributed by atoms with Gasteiger partial charge in [0.15, 0.2) is 0 Å². The molecule has 0 saturated carbocycles. The fourth-order valence-electron chi connectivity index (χ4n) is 2.85. The van der Waals surface area contributed by atoms with E-state index in [2.05, 4.69) is 46.1 Å². The Hall–Kier alpha value is -0.830. The number of esters is 1. The minimum absolute atomic E-state index is 0.0204. The van der Waals surface area contributed by atoms with Gasteiger partial charge in [-0.05, 0) is 33.2 Å². The van der Waals surface area contributed by atoms with Gasteiger partial charge in [0.1, 0.15) is 6.10 Å². The van der Waals surface area contributed by atoms with Gasteiger partial charge in [0.25, 0.3) is 0 Å². The van der Waals surface area contributed by atoms with Gasteiger partial charge in [0.05, 0.1) is 0 Å². The van der Waals surface area contributed by atoms with Crippen LogP contribution in [0.1, 0.15) is 53.9 Å². The quantitative estimate of drug-likeness (QED) is 0.565. The van der Waals surface area contributed by atoms with Crippen LogP contribution in [0, 0.1) is 5.41 Å². The smallest absolute Gasteiger partial charge is 0.330 e. The average Bonchev–Trinajstić information content (AvgIpc) is 2.34. The van der Waals surface area contributed by atoms with Gasteiger partial charge in [-0.3, -0.25) is 4.90 Å². The summed E-state index contributed by atoms with van der Waals surface area (Å²) in [5.41, 5.74) is -0.0514. The summed E-state index contributed by atoms with van der Waals surface area (Å²) < 4.78 is 5.56. The lowest BCUT2D eigenvalue weighted by Crippen LogP contribution is -2.63. The second-order valence-electron chi connectivity index (χ2n) is 6.54. The second-order valence-corrected chi connectivity index (χ2v) is 6.54. The zero-order valence-electron chi connectivity index (χ0n) is 13.2. The van der Waals surface area contributed by atoms with Gasteiger partial charge in [-0.2, -0.15) is 0 Å².